The number of nitrogens with two attached hydrogens (primary N) is 1. The summed E-state index contributed by atoms with van der Waals surface area (Å²) in [5, 5.41) is 3.24. The lowest BCUT2D eigenvalue weighted by Crippen LogP contribution is -2.19. The predicted octanol–water partition coefficient (Wildman–Crippen LogP) is 1.20. The Morgan fingerprint density at radius 2 is 2.08 bits per heavy atom. The summed E-state index contributed by atoms with van der Waals surface area (Å²) in [4.78, 5) is 10.4. The van der Waals surface area contributed by atoms with E-state index in [0.29, 0.717) is 6.42 Å². The molecule has 0 radical (unpaired) electrons. The molecule has 0 aliphatic rings. The maximum absolute atomic E-state index is 10.4. The number of hydrogen-bond donors (Lipinski definition) is 2. The van der Waals surface area contributed by atoms with Gasteiger partial charge in [-0.05, 0) is 32.4 Å². The van der Waals surface area contributed by atoms with E-state index in [1.165, 1.54) is 5.57 Å². The fourth-order valence-electron chi connectivity index (χ4n) is 0.955. The summed E-state index contributed by atoms with van der Waals surface area (Å²) in [7, 11) is 0. The minimum atomic E-state index is -0.222. The fraction of sp³-hybridized carbons (Fsp3) is 0.700. The summed E-state index contributed by atoms with van der Waals surface area (Å²) in [6, 6.07) is 0. The molecule has 3 nitrogen and oxygen atoms in total. The van der Waals surface area contributed by atoms with Gasteiger partial charge in [-0.25, -0.2) is 0 Å². The number of carbonyl (C=O) groups excluding carboxylic acids is 1. The van der Waals surface area contributed by atoms with Crippen LogP contribution in [0.1, 0.15) is 32.6 Å². The third-order valence-electron chi connectivity index (χ3n) is 1.93. The Bertz CT molecular complexity index is 166. The van der Waals surface area contributed by atoms with Crippen molar-refractivity contribution in [3.8, 4) is 0 Å². The standard InChI is InChI=1S/C10H20N2O/c1-3-9(2)6-8-12-7-4-5-10(11)13/h12H,2-8H2,1H3,(H2,11,13). The number of nitrogens with one attached hydrogen (secondary N) is 1. The van der Waals surface area contributed by atoms with E-state index in [2.05, 4.69) is 18.8 Å². The summed E-state index contributed by atoms with van der Waals surface area (Å²) >= 11 is 0. The van der Waals surface area contributed by atoms with E-state index >= 15 is 0 Å². The summed E-state index contributed by atoms with van der Waals surface area (Å²) in [6.45, 7) is 7.82. The van der Waals surface area contributed by atoms with Crippen LogP contribution in [0.25, 0.3) is 0 Å². The molecule has 0 atom stereocenters. The van der Waals surface area contributed by atoms with Gasteiger partial charge in [0.05, 0.1) is 0 Å². The Hall–Kier alpha value is -0.830. The van der Waals surface area contributed by atoms with Gasteiger partial charge in [0.2, 0.25) is 5.91 Å². The molecular weight excluding hydrogens is 164 g/mol. The third-order valence-corrected chi connectivity index (χ3v) is 1.93. The molecular formula is C10H20N2O. The van der Waals surface area contributed by atoms with Gasteiger partial charge in [0.15, 0.2) is 0 Å². The van der Waals surface area contributed by atoms with Gasteiger partial charge in [0.1, 0.15) is 0 Å². The molecule has 1 amide bonds. The first kappa shape index (κ1) is 12.2. The highest BCUT2D eigenvalue weighted by molar-refractivity contribution is 5.73. The van der Waals surface area contributed by atoms with Crippen LogP contribution in [0.3, 0.4) is 0 Å². The van der Waals surface area contributed by atoms with Gasteiger partial charge in [-0.2, -0.15) is 0 Å². The van der Waals surface area contributed by atoms with E-state index in [0.717, 1.165) is 32.4 Å². The van der Waals surface area contributed by atoms with Crippen LogP contribution in [0.4, 0.5) is 0 Å². The predicted molar refractivity (Wildman–Crippen MR) is 55.3 cm³/mol. The summed E-state index contributed by atoms with van der Waals surface area (Å²) < 4.78 is 0. The zero-order chi connectivity index (χ0) is 10.1. The van der Waals surface area contributed by atoms with E-state index in [9.17, 15) is 4.79 Å². The number of amides is 1. The van der Waals surface area contributed by atoms with Gasteiger partial charge in [-0.1, -0.05) is 19.1 Å². The smallest absolute Gasteiger partial charge is 0.217 e. The number of rotatable bonds is 8. The molecule has 0 saturated carbocycles. The van der Waals surface area contributed by atoms with Gasteiger partial charge in [0, 0.05) is 6.42 Å². The molecule has 0 aromatic heterocycles. The second-order valence-electron chi connectivity index (χ2n) is 3.17. The van der Waals surface area contributed by atoms with E-state index < -0.39 is 0 Å². The summed E-state index contributed by atoms with van der Waals surface area (Å²) in [5.41, 5.74) is 6.26. The number of hydrogen-bond acceptors (Lipinski definition) is 2. The maximum atomic E-state index is 10.4. The first-order chi connectivity index (χ1) is 6.16. The number of primary amides is 1. The van der Waals surface area contributed by atoms with Crippen LogP contribution >= 0.6 is 0 Å². The Kier molecular flexibility index (Phi) is 7.30. The van der Waals surface area contributed by atoms with E-state index in [-0.39, 0.29) is 5.91 Å². The molecule has 0 spiro atoms. The lowest BCUT2D eigenvalue weighted by molar-refractivity contribution is -0.118. The van der Waals surface area contributed by atoms with Crippen molar-refractivity contribution in [1.29, 1.82) is 0 Å². The molecule has 0 unspecified atom stereocenters. The minimum absolute atomic E-state index is 0.222. The van der Waals surface area contributed by atoms with Crippen LogP contribution < -0.4 is 11.1 Å². The van der Waals surface area contributed by atoms with Crippen LogP contribution in [0.5, 0.6) is 0 Å². The van der Waals surface area contributed by atoms with Gasteiger partial charge in [0.25, 0.3) is 0 Å². The van der Waals surface area contributed by atoms with Crippen molar-refractivity contribution in [2.75, 3.05) is 13.1 Å². The number of carbonyl (C=O) groups is 1. The van der Waals surface area contributed by atoms with Crippen molar-refractivity contribution >= 4 is 5.91 Å². The molecule has 0 aliphatic heterocycles. The van der Waals surface area contributed by atoms with Crippen LogP contribution in [0.15, 0.2) is 12.2 Å². The van der Waals surface area contributed by atoms with Crippen molar-refractivity contribution in [2.45, 2.75) is 32.6 Å². The van der Waals surface area contributed by atoms with Gasteiger partial charge in [-0.15, -0.1) is 0 Å². The quantitative estimate of drug-likeness (QED) is 0.440. The fourth-order valence-corrected chi connectivity index (χ4v) is 0.955. The molecule has 0 fully saturated rings. The molecule has 0 bridgehead atoms. The van der Waals surface area contributed by atoms with Gasteiger partial charge >= 0.3 is 0 Å². The van der Waals surface area contributed by atoms with Crippen LogP contribution in [-0.2, 0) is 4.79 Å². The zero-order valence-electron chi connectivity index (χ0n) is 8.44. The molecule has 3 N–H and O–H groups in total. The second-order valence-corrected chi connectivity index (χ2v) is 3.17. The molecule has 13 heavy (non-hydrogen) atoms. The SMILES string of the molecule is C=C(CC)CCNCCCC(N)=O. The second kappa shape index (κ2) is 7.80. The molecule has 0 saturated heterocycles. The lowest BCUT2D eigenvalue weighted by atomic mass is 10.2. The first-order valence-electron chi connectivity index (χ1n) is 4.82. The largest absolute Gasteiger partial charge is 0.370 e. The average Bonchev–Trinajstić information content (AvgIpc) is 2.10. The maximum Gasteiger partial charge on any atom is 0.217 e. The molecule has 0 aromatic carbocycles. The lowest BCUT2D eigenvalue weighted by Gasteiger charge is -2.04. The Balaban J connectivity index is 3.08. The van der Waals surface area contributed by atoms with E-state index in [1.54, 1.807) is 0 Å². The van der Waals surface area contributed by atoms with Crippen molar-refractivity contribution in [3.05, 3.63) is 12.2 Å². The summed E-state index contributed by atoms with van der Waals surface area (Å²) in [5.74, 6) is -0.222. The highest BCUT2D eigenvalue weighted by atomic mass is 16.1. The highest BCUT2D eigenvalue weighted by Crippen LogP contribution is 2.00. The first-order valence-corrected chi connectivity index (χ1v) is 4.82. The Morgan fingerprint density at radius 3 is 2.62 bits per heavy atom. The molecule has 0 aliphatic carbocycles. The Morgan fingerprint density at radius 1 is 1.38 bits per heavy atom. The topological polar surface area (TPSA) is 55.1 Å². The average molecular weight is 184 g/mol. The van der Waals surface area contributed by atoms with Gasteiger partial charge < -0.3 is 11.1 Å². The Labute approximate surface area is 80.4 Å². The van der Waals surface area contributed by atoms with Crippen molar-refractivity contribution in [1.82, 2.24) is 5.32 Å². The van der Waals surface area contributed by atoms with E-state index in [4.69, 9.17) is 5.73 Å². The van der Waals surface area contributed by atoms with Crippen molar-refractivity contribution in [3.63, 3.8) is 0 Å². The van der Waals surface area contributed by atoms with E-state index in [1.807, 2.05) is 0 Å². The monoisotopic (exact) mass is 184 g/mol. The van der Waals surface area contributed by atoms with Gasteiger partial charge in [-0.3, -0.25) is 4.79 Å². The summed E-state index contributed by atoms with van der Waals surface area (Å²) in [6.07, 6.45) is 3.37. The van der Waals surface area contributed by atoms with Crippen LogP contribution in [0, 0.1) is 0 Å². The van der Waals surface area contributed by atoms with Crippen molar-refractivity contribution in [2.24, 2.45) is 5.73 Å². The molecule has 76 valence electrons. The molecule has 0 heterocycles. The molecule has 0 aromatic rings. The minimum Gasteiger partial charge on any atom is -0.370 e. The zero-order valence-corrected chi connectivity index (χ0v) is 8.44. The highest BCUT2D eigenvalue weighted by Gasteiger charge is 1.94. The molecule has 0 rings (SSSR count). The molecule has 3 heteroatoms. The van der Waals surface area contributed by atoms with Crippen molar-refractivity contribution < 1.29 is 4.79 Å². The third kappa shape index (κ3) is 9.08. The van der Waals surface area contributed by atoms with Crippen LogP contribution in [0.2, 0.25) is 0 Å². The normalized spacial score (nSPS) is 9.92. The van der Waals surface area contributed by atoms with Crippen LogP contribution in [-0.4, -0.2) is 19.0 Å².